The summed E-state index contributed by atoms with van der Waals surface area (Å²) in [6.07, 6.45) is 3.35. The molecule has 2 N–H and O–H groups in total. The van der Waals surface area contributed by atoms with Crippen LogP contribution in [0.25, 0.3) is 0 Å². The van der Waals surface area contributed by atoms with Crippen molar-refractivity contribution in [2.75, 3.05) is 19.6 Å². The van der Waals surface area contributed by atoms with Crippen molar-refractivity contribution >= 4 is 0 Å². The van der Waals surface area contributed by atoms with E-state index in [1.54, 1.807) is 0 Å². The van der Waals surface area contributed by atoms with E-state index in [-0.39, 0.29) is 0 Å². The van der Waals surface area contributed by atoms with Gasteiger partial charge < -0.3 is 5.73 Å². The number of unbranched alkanes of at least 4 members (excludes halogenated alkanes) is 1. The molecule has 3 heteroatoms. The van der Waals surface area contributed by atoms with E-state index < -0.39 is 0 Å². The molecule has 0 aromatic heterocycles. The van der Waals surface area contributed by atoms with Crippen molar-refractivity contribution < 1.29 is 0 Å². The van der Waals surface area contributed by atoms with Gasteiger partial charge in [0.05, 0.1) is 11.6 Å². The van der Waals surface area contributed by atoms with E-state index in [0.29, 0.717) is 0 Å². The van der Waals surface area contributed by atoms with Gasteiger partial charge in [0.15, 0.2) is 0 Å². The standard InChI is InChI=1S/C14H19N3/c15-6-1-2-7-17-8-5-13-9-12(10-16)3-4-14(13)11-17/h3-4,9H,1-2,5-8,11,15H2. The largest absolute Gasteiger partial charge is 0.330 e. The molecule has 1 heterocycles. The van der Waals surface area contributed by atoms with Crippen LogP contribution in [0.5, 0.6) is 0 Å². The average molecular weight is 229 g/mol. The van der Waals surface area contributed by atoms with Crippen molar-refractivity contribution in [1.82, 2.24) is 4.90 Å². The second kappa shape index (κ2) is 5.81. The number of nitrogens with two attached hydrogens (primary N) is 1. The van der Waals surface area contributed by atoms with Gasteiger partial charge in [-0.25, -0.2) is 0 Å². The molecule has 1 aromatic rings. The zero-order valence-corrected chi connectivity index (χ0v) is 10.2. The number of fused-ring (bicyclic) bond motifs is 1. The number of nitrogens with zero attached hydrogens (tertiary/aromatic N) is 2. The van der Waals surface area contributed by atoms with Crippen molar-refractivity contribution in [3.05, 3.63) is 34.9 Å². The summed E-state index contributed by atoms with van der Waals surface area (Å²) in [6, 6.07) is 8.26. The zero-order valence-electron chi connectivity index (χ0n) is 10.2. The minimum atomic E-state index is 0.778. The molecule has 0 bridgehead atoms. The second-order valence-corrected chi connectivity index (χ2v) is 4.62. The lowest BCUT2D eigenvalue weighted by Crippen LogP contribution is -2.31. The fourth-order valence-corrected chi connectivity index (χ4v) is 2.35. The zero-order chi connectivity index (χ0) is 12.1. The van der Waals surface area contributed by atoms with Gasteiger partial charge in [-0.1, -0.05) is 6.07 Å². The van der Waals surface area contributed by atoms with Gasteiger partial charge in [-0.05, 0) is 55.6 Å². The lowest BCUT2D eigenvalue weighted by atomic mass is 9.97. The molecule has 2 rings (SSSR count). The molecule has 3 nitrogen and oxygen atoms in total. The Labute approximate surface area is 103 Å². The quantitative estimate of drug-likeness (QED) is 0.799. The van der Waals surface area contributed by atoms with E-state index in [9.17, 15) is 0 Å². The molecule has 90 valence electrons. The van der Waals surface area contributed by atoms with Crippen LogP contribution in [0.4, 0.5) is 0 Å². The van der Waals surface area contributed by atoms with Crippen LogP contribution in [0.1, 0.15) is 29.5 Å². The van der Waals surface area contributed by atoms with Gasteiger partial charge in [-0.2, -0.15) is 5.26 Å². The molecule has 0 saturated heterocycles. The Morgan fingerprint density at radius 3 is 2.94 bits per heavy atom. The Hall–Kier alpha value is -1.37. The van der Waals surface area contributed by atoms with Crippen molar-refractivity contribution in [2.24, 2.45) is 5.73 Å². The highest BCUT2D eigenvalue weighted by Gasteiger charge is 2.15. The monoisotopic (exact) mass is 229 g/mol. The molecule has 1 aromatic carbocycles. The van der Waals surface area contributed by atoms with E-state index in [2.05, 4.69) is 17.0 Å². The summed E-state index contributed by atoms with van der Waals surface area (Å²) in [5.41, 5.74) is 9.01. The minimum absolute atomic E-state index is 0.778. The Balaban J connectivity index is 1.97. The van der Waals surface area contributed by atoms with E-state index in [4.69, 9.17) is 11.0 Å². The number of benzene rings is 1. The normalized spacial score (nSPS) is 15.3. The SMILES string of the molecule is N#Cc1ccc2c(c1)CCN(CCCCN)C2. The van der Waals surface area contributed by atoms with Crippen LogP contribution in [-0.2, 0) is 13.0 Å². The topological polar surface area (TPSA) is 53.0 Å². The summed E-state index contributed by atoms with van der Waals surface area (Å²) in [6.45, 7) is 4.05. The Morgan fingerprint density at radius 2 is 2.18 bits per heavy atom. The first kappa shape index (κ1) is 12.1. The van der Waals surface area contributed by atoms with Crippen LogP contribution >= 0.6 is 0 Å². The predicted molar refractivity (Wildman–Crippen MR) is 68.4 cm³/mol. The molecule has 17 heavy (non-hydrogen) atoms. The highest BCUT2D eigenvalue weighted by Crippen LogP contribution is 2.20. The number of nitriles is 1. The van der Waals surface area contributed by atoms with Gasteiger partial charge in [0.1, 0.15) is 0 Å². The molecule has 1 aliphatic rings. The number of hydrogen-bond donors (Lipinski definition) is 1. The Morgan fingerprint density at radius 1 is 1.29 bits per heavy atom. The van der Waals surface area contributed by atoms with E-state index in [1.807, 2.05) is 12.1 Å². The highest BCUT2D eigenvalue weighted by molar-refractivity contribution is 5.39. The summed E-state index contributed by atoms with van der Waals surface area (Å²) in [5.74, 6) is 0. The van der Waals surface area contributed by atoms with Gasteiger partial charge in [0.25, 0.3) is 0 Å². The van der Waals surface area contributed by atoms with E-state index in [0.717, 1.165) is 44.6 Å². The van der Waals surface area contributed by atoms with Crippen LogP contribution < -0.4 is 5.73 Å². The third-order valence-corrected chi connectivity index (χ3v) is 3.36. The molecule has 0 spiro atoms. The molecule has 0 amide bonds. The van der Waals surface area contributed by atoms with E-state index in [1.165, 1.54) is 17.5 Å². The molecule has 0 fully saturated rings. The van der Waals surface area contributed by atoms with Gasteiger partial charge in [-0.3, -0.25) is 4.90 Å². The van der Waals surface area contributed by atoms with Gasteiger partial charge in [0.2, 0.25) is 0 Å². The molecular formula is C14H19N3. The van der Waals surface area contributed by atoms with Crippen LogP contribution in [-0.4, -0.2) is 24.5 Å². The third-order valence-electron chi connectivity index (χ3n) is 3.36. The Kier molecular flexibility index (Phi) is 4.13. The third kappa shape index (κ3) is 3.06. The van der Waals surface area contributed by atoms with Crippen LogP contribution in [0, 0.1) is 11.3 Å². The molecule has 0 atom stereocenters. The van der Waals surface area contributed by atoms with Crippen molar-refractivity contribution in [2.45, 2.75) is 25.8 Å². The second-order valence-electron chi connectivity index (χ2n) is 4.62. The average Bonchev–Trinajstić information content (AvgIpc) is 2.38. The maximum absolute atomic E-state index is 8.86. The van der Waals surface area contributed by atoms with Gasteiger partial charge >= 0.3 is 0 Å². The number of rotatable bonds is 4. The molecule has 1 aliphatic heterocycles. The van der Waals surface area contributed by atoms with Crippen molar-refractivity contribution in [3.63, 3.8) is 0 Å². The Bertz CT molecular complexity index is 420. The van der Waals surface area contributed by atoms with Crippen LogP contribution in [0.2, 0.25) is 0 Å². The fraction of sp³-hybridized carbons (Fsp3) is 0.500. The lowest BCUT2D eigenvalue weighted by Gasteiger charge is -2.28. The molecule has 0 saturated carbocycles. The van der Waals surface area contributed by atoms with Crippen molar-refractivity contribution in [3.8, 4) is 6.07 Å². The summed E-state index contributed by atoms with van der Waals surface area (Å²) >= 11 is 0. The first-order chi connectivity index (χ1) is 8.33. The highest BCUT2D eigenvalue weighted by atomic mass is 15.1. The number of hydrogen-bond acceptors (Lipinski definition) is 3. The molecular weight excluding hydrogens is 210 g/mol. The maximum atomic E-state index is 8.86. The smallest absolute Gasteiger partial charge is 0.0991 e. The minimum Gasteiger partial charge on any atom is -0.330 e. The van der Waals surface area contributed by atoms with Crippen LogP contribution in [0.3, 0.4) is 0 Å². The lowest BCUT2D eigenvalue weighted by molar-refractivity contribution is 0.249. The first-order valence-electron chi connectivity index (χ1n) is 6.28. The van der Waals surface area contributed by atoms with Gasteiger partial charge in [-0.15, -0.1) is 0 Å². The van der Waals surface area contributed by atoms with Gasteiger partial charge in [0, 0.05) is 13.1 Å². The molecule has 0 aliphatic carbocycles. The predicted octanol–water partition coefficient (Wildman–Crippen LogP) is 1.66. The summed E-state index contributed by atoms with van der Waals surface area (Å²) in [5, 5.41) is 8.86. The maximum Gasteiger partial charge on any atom is 0.0991 e. The fourth-order valence-electron chi connectivity index (χ4n) is 2.35. The summed E-state index contributed by atoms with van der Waals surface area (Å²) < 4.78 is 0. The summed E-state index contributed by atoms with van der Waals surface area (Å²) in [7, 11) is 0. The first-order valence-corrected chi connectivity index (χ1v) is 6.28. The van der Waals surface area contributed by atoms with E-state index >= 15 is 0 Å². The van der Waals surface area contributed by atoms with Crippen molar-refractivity contribution in [1.29, 1.82) is 5.26 Å². The molecule has 0 unspecified atom stereocenters. The molecule has 0 radical (unpaired) electrons. The van der Waals surface area contributed by atoms with Crippen LogP contribution in [0.15, 0.2) is 18.2 Å². The summed E-state index contributed by atoms with van der Waals surface area (Å²) in [4.78, 5) is 2.48.